The fourth-order valence-electron chi connectivity index (χ4n) is 2.58. The number of anilines is 1. The summed E-state index contributed by atoms with van der Waals surface area (Å²) < 4.78 is 41.2. The fraction of sp³-hybridized carbons (Fsp3) is 0.462. The third kappa shape index (κ3) is 1.93. The highest BCUT2D eigenvalue weighted by Crippen LogP contribution is 2.46. The Kier molecular flexibility index (Phi) is 3.41. The van der Waals surface area contributed by atoms with E-state index in [1.807, 2.05) is 0 Å². The van der Waals surface area contributed by atoms with E-state index in [1.54, 1.807) is 0 Å². The van der Waals surface area contributed by atoms with Gasteiger partial charge in [0.15, 0.2) is 0 Å². The van der Waals surface area contributed by atoms with Crippen LogP contribution in [0.5, 0.6) is 0 Å². The van der Waals surface area contributed by atoms with Crippen LogP contribution < -0.4 is 5.73 Å². The SMILES string of the molecule is CN1CCN(C)C(c2ccc(N)cc2)(C(F)(F)F)C1=O. The fourth-order valence-corrected chi connectivity index (χ4v) is 2.58. The van der Waals surface area contributed by atoms with Crippen molar-refractivity contribution in [1.29, 1.82) is 0 Å². The van der Waals surface area contributed by atoms with Gasteiger partial charge in [-0.3, -0.25) is 9.69 Å². The van der Waals surface area contributed by atoms with E-state index < -0.39 is 17.6 Å². The van der Waals surface area contributed by atoms with Gasteiger partial charge >= 0.3 is 6.18 Å². The van der Waals surface area contributed by atoms with Gasteiger partial charge in [-0.15, -0.1) is 0 Å². The Morgan fingerprint density at radius 2 is 1.70 bits per heavy atom. The molecule has 110 valence electrons. The van der Waals surface area contributed by atoms with E-state index in [-0.39, 0.29) is 18.7 Å². The Labute approximate surface area is 114 Å². The zero-order valence-corrected chi connectivity index (χ0v) is 11.2. The molecular formula is C13H16F3N3O. The molecule has 0 radical (unpaired) electrons. The van der Waals surface area contributed by atoms with Gasteiger partial charge in [0, 0.05) is 25.8 Å². The first-order valence-corrected chi connectivity index (χ1v) is 6.11. The van der Waals surface area contributed by atoms with Crippen LogP contribution in [0.2, 0.25) is 0 Å². The van der Waals surface area contributed by atoms with Crippen molar-refractivity contribution < 1.29 is 18.0 Å². The van der Waals surface area contributed by atoms with Crippen molar-refractivity contribution in [1.82, 2.24) is 9.80 Å². The number of piperazine rings is 1. The number of carbonyl (C=O) groups excluding carboxylic acids is 1. The Hall–Kier alpha value is -1.76. The number of nitrogen functional groups attached to an aromatic ring is 1. The van der Waals surface area contributed by atoms with Gasteiger partial charge in [-0.2, -0.15) is 13.2 Å². The van der Waals surface area contributed by atoms with Gasteiger partial charge in [0.25, 0.3) is 5.91 Å². The summed E-state index contributed by atoms with van der Waals surface area (Å²) in [6, 6.07) is 5.27. The second-order valence-corrected chi connectivity index (χ2v) is 4.98. The zero-order valence-electron chi connectivity index (χ0n) is 11.2. The molecular weight excluding hydrogens is 271 g/mol. The maximum atomic E-state index is 13.7. The summed E-state index contributed by atoms with van der Waals surface area (Å²) in [4.78, 5) is 14.5. The summed E-state index contributed by atoms with van der Waals surface area (Å²) >= 11 is 0. The van der Waals surface area contributed by atoms with E-state index in [9.17, 15) is 18.0 Å². The maximum Gasteiger partial charge on any atom is 0.420 e. The number of hydrogen-bond acceptors (Lipinski definition) is 3. The minimum atomic E-state index is -4.72. The van der Waals surface area contributed by atoms with E-state index in [2.05, 4.69) is 0 Å². The summed E-state index contributed by atoms with van der Waals surface area (Å²) in [6.07, 6.45) is -4.72. The van der Waals surface area contributed by atoms with E-state index in [4.69, 9.17) is 5.73 Å². The third-order valence-corrected chi connectivity index (χ3v) is 3.74. The van der Waals surface area contributed by atoms with Gasteiger partial charge in [0.05, 0.1) is 0 Å². The number of halogens is 3. The van der Waals surface area contributed by atoms with E-state index in [0.29, 0.717) is 5.69 Å². The predicted molar refractivity (Wildman–Crippen MR) is 68.9 cm³/mol. The van der Waals surface area contributed by atoms with Crippen molar-refractivity contribution in [3.8, 4) is 0 Å². The van der Waals surface area contributed by atoms with Crippen LogP contribution in [0.3, 0.4) is 0 Å². The number of rotatable bonds is 1. The number of nitrogens with zero attached hydrogens (tertiary/aromatic N) is 2. The number of alkyl halides is 3. The molecule has 1 aliphatic rings. The molecule has 1 fully saturated rings. The number of hydrogen-bond donors (Lipinski definition) is 1. The lowest BCUT2D eigenvalue weighted by molar-refractivity contribution is -0.241. The van der Waals surface area contributed by atoms with Crippen LogP contribution in [0, 0.1) is 0 Å². The highest BCUT2D eigenvalue weighted by atomic mass is 19.4. The topological polar surface area (TPSA) is 49.6 Å². The van der Waals surface area contributed by atoms with Crippen LogP contribution >= 0.6 is 0 Å². The van der Waals surface area contributed by atoms with Crippen molar-refractivity contribution in [2.45, 2.75) is 11.7 Å². The monoisotopic (exact) mass is 287 g/mol. The average molecular weight is 287 g/mol. The number of benzene rings is 1. The molecule has 1 heterocycles. The van der Waals surface area contributed by atoms with Gasteiger partial charge in [-0.1, -0.05) is 12.1 Å². The summed E-state index contributed by atoms with van der Waals surface area (Å²) in [5.74, 6) is -0.969. The normalized spacial score (nSPS) is 25.1. The van der Waals surface area contributed by atoms with Crippen molar-refractivity contribution >= 4 is 11.6 Å². The van der Waals surface area contributed by atoms with Crippen molar-refractivity contribution in [3.63, 3.8) is 0 Å². The van der Waals surface area contributed by atoms with Crippen molar-refractivity contribution in [2.75, 3.05) is 32.9 Å². The smallest absolute Gasteiger partial charge is 0.399 e. The summed E-state index contributed by atoms with van der Waals surface area (Å²) in [5, 5.41) is 0. The quantitative estimate of drug-likeness (QED) is 0.795. The zero-order chi connectivity index (χ0) is 15.1. The molecule has 2 N–H and O–H groups in total. The standard InChI is InChI=1S/C13H16F3N3O/c1-18-7-8-19(2)12(11(18)20,13(14,15)16)9-3-5-10(17)6-4-9/h3-6H,7-8,17H2,1-2H3. The minimum absolute atomic E-state index is 0.113. The molecule has 0 bridgehead atoms. The van der Waals surface area contributed by atoms with E-state index >= 15 is 0 Å². The molecule has 1 unspecified atom stereocenters. The van der Waals surface area contributed by atoms with Crippen LogP contribution in [0.4, 0.5) is 18.9 Å². The summed E-state index contributed by atoms with van der Waals surface area (Å²) in [7, 11) is 2.70. The molecule has 1 amide bonds. The lowest BCUT2D eigenvalue weighted by Crippen LogP contribution is -2.68. The third-order valence-electron chi connectivity index (χ3n) is 3.74. The van der Waals surface area contributed by atoms with Crippen LogP contribution in [-0.2, 0) is 10.3 Å². The molecule has 2 rings (SSSR count). The summed E-state index contributed by atoms with van der Waals surface area (Å²) in [6.45, 7) is 0.411. The molecule has 1 aliphatic heterocycles. The largest absolute Gasteiger partial charge is 0.420 e. The van der Waals surface area contributed by atoms with Crippen LogP contribution in [0.15, 0.2) is 24.3 Å². The Morgan fingerprint density at radius 3 is 2.20 bits per heavy atom. The molecule has 0 spiro atoms. The molecule has 4 nitrogen and oxygen atoms in total. The molecule has 20 heavy (non-hydrogen) atoms. The lowest BCUT2D eigenvalue weighted by Gasteiger charge is -2.47. The Bertz CT molecular complexity index is 515. The van der Waals surface area contributed by atoms with Crippen LogP contribution in [0.1, 0.15) is 5.56 Å². The van der Waals surface area contributed by atoms with Gasteiger partial charge in [0.1, 0.15) is 0 Å². The van der Waals surface area contributed by atoms with Gasteiger partial charge in [-0.25, -0.2) is 0 Å². The maximum absolute atomic E-state index is 13.7. The number of amides is 1. The molecule has 0 saturated carbocycles. The van der Waals surface area contributed by atoms with Gasteiger partial charge in [-0.05, 0) is 24.7 Å². The van der Waals surface area contributed by atoms with Gasteiger partial charge < -0.3 is 10.6 Å². The first-order chi connectivity index (χ1) is 9.21. The predicted octanol–water partition coefficient (Wildman–Crippen LogP) is 1.43. The molecule has 7 heteroatoms. The van der Waals surface area contributed by atoms with Crippen molar-refractivity contribution in [2.24, 2.45) is 0 Å². The number of carbonyl (C=O) groups is 1. The van der Waals surface area contributed by atoms with Crippen LogP contribution in [0.25, 0.3) is 0 Å². The average Bonchev–Trinajstić information content (AvgIpc) is 2.35. The van der Waals surface area contributed by atoms with Crippen molar-refractivity contribution in [3.05, 3.63) is 29.8 Å². The second kappa shape index (κ2) is 4.66. The molecule has 1 aromatic rings. The first kappa shape index (κ1) is 14.6. The number of nitrogens with two attached hydrogens (primary N) is 1. The van der Waals surface area contributed by atoms with E-state index in [1.165, 1.54) is 38.4 Å². The molecule has 0 aromatic heterocycles. The summed E-state index contributed by atoms with van der Waals surface area (Å²) in [5.41, 5.74) is 3.11. The van der Waals surface area contributed by atoms with Gasteiger partial charge in [0.2, 0.25) is 5.54 Å². The van der Waals surface area contributed by atoms with E-state index in [0.717, 1.165) is 9.80 Å². The molecule has 0 aliphatic carbocycles. The molecule has 1 atom stereocenters. The second-order valence-electron chi connectivity index (χ2n) is 4.98. The highest BCUT2D eigenvalue weighted by molar-refractivity contribution is 5.89. The minimum Gasteiger partial charge on any atom is -0.399 e. The van der Waals surface area contributed by atoms with Crippen LogP contribution in [-0.4, -0.2) is 49.1 Å². The Morgan fingerprint density at radius 1 is 1.15 bits per heavy atom. The molecule has 1 aromatic carbocycles. The molecule has 1 saturated heterocycles. The first-order valence-electron chi connectivity index (χ1n) is 6.11. The highest BCUT2D eigenvalue weighted by Gasteiger charge is 2.66. The number of likely N-dealkylation sites (N-methyl/N-ethyl adjacent to an activating group) is 2. The lowest BCUT2D eigenvalue weighted by atomic mass is 9.84. The Balaban J connectivity index is 2.67.